The van der Waals surface area contributed by atoms with E-state index in [2.05, 4.69) is 27.1 Å². The van der Waals surface area contributed by atoms with Gasteiger partial charge >= 0.3 is 0 Å². The van der Waals surface area contributed by atoms with Crippen LogP contribution in [0.1, 0.15) is 26.2 Å². The lowest BCUT2D eigenvalue weighted by Gasteiger charge is -2.31. The van der Waals surface area contributed by atoms with Gasteiger partial charge in [0.1, 0.15) is 5.02 Å². The van der Waals surface area contributed by atoms with Gasteiger partial charge in [-0.1, -0.05) is 24.9 Å². The summed E-state index contributed by atoms with van der Waals surface area (Å²) in [6.07, 6.45) is 5.10. The summed E-state index contributed by atoms with van der Waals surface area (Å²) in [5.74, 6) is 1.84. The number of amides is 1. The lowest BCUT2D eigenvalue weighted by atomic mass is 9.95. The fourth-order valence-electron chi connectivity index (χ4n) is 4.18. The number of hydrogen-bond acceptors (Lipinski definition) is 7. The van der Waals surface area contributed by atoms with E-state index in [9.17, 15) is 9.59 Å². The number of carbonyl (C=O) groups excluding carboxylic acids is 1. The molecule has 0 saturated carbocycles. The molecule has 3 heterocycles. The number of rotatable bonds is 7. The van der Waals surface area contributed by atoms with Gasteiger partial charge in [-0.15, -0.1) is 0 Å². The number of fused-ring (bicyclic) bond motifs is 1. The summed E-state index contributed by atoms with van der Waals surface area (Å²) >= 11 is 6.41. The number of halogens is 1. The monoisotopic (exact) mass is 498 g/mol. The maximum absolute atomic E-state index is 12.7. The second-order valence-electron chi connectivity index (χ2n) is 9.05. The molecule has 186 valence electrons. The Morgan fingerprint density at radius 2 is 2.00 bits per heavy atom. The van der Waals surface area contributed by atoms with Gasteiger partial charge in [0.2, 0.25) is 5.95 Å². The predicted molar refractivity (Wildman–Crippen MR) is 139 cm³/mol. The molecule has 0 atom stereocenters. The number of anilines is 3. The number of carbonyl (C=O) groups is 1. The van der Waals surface area contributed by atoms with E-state index in [1.807, 2.05) is 18.2 Å². The topological polar surface area (TPSA) is 92.6 Å². The van der Waals surface area contributed by atoms with Gasteiger partial charge in [-0.05, 0) is 43.0 Å². The molecule has 2 aromatic heterocycles. The Balaban J connectivity index is 1.58. The Morgan fingerprint density at radius 3 is 2.69 bits per heavy atom. The van der Waals surface area contributed by atoms with Crippen LogP contribution in [0.5, 0.6) is 5.75 Å². The van der Waals surface area contributed by atoms with E-state index in [-0.39, 0.29) is 23.8 Å². The quantitative estimate of drug-likeness (QED) is 0.529. The Hall–Kier alpha value is -3.33. The predicted octanol–water partition coefficient (Wildman–Crippen LogP) is 3.82. The molecule has 0 unspecified atom stereocenters. The van der Waals surface area contributed by atoms with Gasteiger partial charge in [0, 0.05) is 45.3 Å². The van der Waals surface area contributed by atoms with Gasteiger partial charge in [-0.2, -0.15) is 4.98 Å². The van der Waals surface area contributed by atoms with Gasteiger partial charge in [0.05, 0.1) is 11.7 Å². The number of ether oxygens (including phenoxy) is 1. The summed E-state index contributed by atoms with van der Waals surface area (Å²) in [6.45, 7) is 3.90. The molecule has 1 aliphatic heterocycles. The number of benzene rings is 1. The average molecular weight is 499 g/mol. The molecule has 0 radical (unpaired) electrons. The van der Waals surface area contributed by atoms with E-state index in [0.717, 1.165) is 48.4 Å². The maximum atomic E-state index is 12.7. The average Bonchev–Trinajstić information content (AvgIpc) is 2.86. The highest BCUT2D eigenvalue weighted by Crippen LogP contribution is 2.29. The molecule has 9 nitrogen and oxygen atoms in total. The summed E-state index contributed by atoms with van der Waals surface area (Å²) in [6, 6.07) is 7.25. The van der Waals surface area contributed by atoms with Crippen LogP contribution in [-0.2, 0) is 11.8 Å². The maximum Gasteiger partial charge on any atom is 0.293 e. The van der Waals surface area contributed by atoms with Gasteiger partial charge in [0.25, 0.3) is 11.5 Å². The van der Waals surface area contributed by atoms with Crippen molar-refractivity contribution in [2.45, 2.75) is 26.2 Å². The lowest BCUT2D eigenvalue weighted by Crippen LogP contribution is -2.34. The highest BCUT2D eigenvalue weighted by molar-refractivity contribution is 6.32. The molecular formula is C25H31ClN6O3. The summed E-state index contributed by atoms with van der Waals surface area (Å²) < 4.78 is 7.04. The van der Waals surface area contributed by atoms with E-state index < -0.39 is 0 Å². The normalized spacial score (nSPS) is 14.3. The molecule has 1 amide bonds. The fourth-order valence-corrected chi connectivity index (χ4v) is 4.32. The number of aromatic nitrogens is 3. The van der Waals surface area contributed by atoms with Crippen LogP contribution in [0.25, 0.3) is 10.9 Å². The van der Waals surface area contributed by atoms with Crippen molar-refractivity contribution >= 4 is 45.9 Å². The molecule has 35 heavy (non-hydrogen) atoms. The standard InChI is InChI=1S/C25H31ClN6O3/c1-5-16-8-10-32(11-9-16)25-27-14-19(26)23(29-25)28-18-6-7-20-17(12-18)13-21(24(34)31(20)4)35-15-22(33)30(2)3/h6-7,12-14,16H,5,8-11,15H2,1-4H3,(H,27,28,29). The zero-order chi connectivity index (χ0) is 25.1. The van der Waals surface area contributed by atoms with Crippen LogP contribution in [-0.4, -0.2) is 59.1 Å². The van der Waals surface area contributed by atoms with Crippen LogP contribution in [0.2, 0.25) is 5.02 Å². The molecule has 0 bridgehead atoms. The van der Waals surface area contributed by atoms with Crippen LogP contribution in [0.15, 0.2) is 35.3 Å². The first kappa shape index (κ1) is 24.8. The third kappa shape index (κ3) is 5.51. The summed E-state index contributed by atoms with van der Waals surface area (Å²) in [5.41, 5.74) is 1.18. The molecule has 1 aliphatic rings. The SMILES string of the molecule is CCC1CCN(c2ncc(Cl)c(Nc3ccc4c(c3)cc(OCC(=O)N(C)C)c(=O)n4C)n2)CC1. The first-order valence-electron chi connectivity index (χ1n) is 11.8. The van der Waals surface area contributed by atoms with Crippen molar-refractivity contribution in [3.63, 3.8) is 0 Å². The Bertz CT molecular complexity index is 1280. The van der Waals surface area contributed by atoms with Crippen LogP contribution in [0.3, 0.4) is 0 Å². The lowest BCUT2D eigenvalue weighted by molar-refractivity contribution is -0.130. The van der Waals surface area contributed by atoms with Gasteiger partial charge < -0.3 is 24.4 Å². The van der Waals surface area contributed by atoms with E-state index >= 15 is 0 Å². The Labute approximate surface area is 209 Å². The van der Waals surface area contributed by atoms with Crippen LogP contribution >= 0.6 is 11.6 Å². The van der Waals surface area contributed by atoms with Crippen LogP contribution in [0.4, 0.5) is 17.5 Å². The van der Waals surface area contributed by atoms with Crippen LogP contribution < -0.4 is 20.5 Å². The number of likely N-dealkylation sites (N-methyl/N-ethyl adjacent to an activating group) is 1. The molecule has 0 spiro atoms. The summed E-state index contributed by atoms with van der Waals surface area (Å²) in [4.78, 5) is 37.3. The zero-order valence-electron chi connectivity index (χ0n) is 20.5. The van der Waals surface area contributed by atoms with Gasteiger partial charge in [-0.3, -0.25) is 9.59 Å². The van der Waals surface area contributed by atoms with Gasteiger partial charge in [0.15, 0.2) is 18.2 Å². The van der Waals surface area contributed by atoms with Crippen molar-refractivity contribution in [2.24, 2.45) is 13.0 Å². The minimum absolute atomic E-state index is 0.116. The van der Waals surface area contributed by atoms with E-state index in [4.69, 9.17) is 16.3 Å². The third-order valence-electron chi connectivity index (χ3n) is 6.51. The smallest absolute Gasteiger partial charge is 0.293 e. The highest BCUT2D eigenvalue weighted by atomic mass is 35.5. The van der Waals surface area contributed by atoms with Crippen molar-refractivity contribution in [2.75, 3.05) is 44.0 Å². The number of aryl methyl sites for hydroxylation is 1. The van der Waals surface area contributed by atoms with Crippen molar-refractivity contribution < 1.29 is 9.53 Å². The molecule has 10 heteroatoms. The molecule has 4 rings (SSSR count). The highest BCUT2D eigenvalue weighted by Gasteiger charge is 2.21. The Kier molecular flexibility index (Phi) is 7.45. The first-order valence-corrected chi connectivity index (χ1v) is 12.2. The molecule has 0 aliphatic carbocycles. The number of pyridine rings is 1. The second kappa shape index (κ2) is 10.5. The van der Waals surface area contributed by atoms with Crippen molar-refractivity contribution in [3.05, 3.63) is 45.8 Å². The van der Waals surface area contributed by atoms with E-state index in [1.165, 1.54) is 15.9 Å². The number of piperidine rings is 1. The largest absolute Gasteiger partial charge is 0.478 e. The first-order chi connectivity index (χ1) is 16.8. The minimum atomic E-state index is -0.305. The van der Waals surface area contributed by atoms with Crippen molar-refractivity contribution in [3.8, 4) is 5.75 Å². The minimum Gasteiger partial charge on any atom is -0.478 e. The van der Waals surface area contributed by atoms with E-state index in [1.54, 1.807) is 33.4 Å². The van der Waals surface area contributed by atoms with E-state index in [0.29, 0.717) is 16.8 Å². The van der Waals surface area contributed by atoms with Crippen molar-refractivity contribution in [1.29, 1.82) is 0 Å². The third-order valence-corrected chi connectivity index (χ3v) is 6.79. The van der Waals surface area contributed by atoms with Gasteiger partial charge in [-0.25, -0.2) is 4.98 Å². The zero-order valence-corrected chi connectivity index (χ0v) is 21.3. The number of hydrogen-bond donors (Lipinski definition) is 1. The molecule has 1 fully saturated rings. The second-order valence-corrected chi connectivity index (χ2v) is 9.46. The van der Waals surface area contributed by atoms with Crippen LogP contribution in [0, 0.1) is 5.92 Å². The Morgan fingerprint density at radius 1 is 1.26 bits per heavy atom. The molecule has 1 aromatic carbocycles. The molecule has 1 saturated heterocycles. The fraction of sp³-hybridized carbons (Fsp3) is 0.440. The number of nitrogens with zero attached hydrogens (tertiary/aromatic N) is 5. The summed E-state index contributed by atoms with van der Waals surface area (Å²) in [5, 5.41) is 4.48. The van der Waals surface area contributed by atoms with Crippen molar-refractivity contribution in [1.82, 2.24) is 19.4 Å². The molecule has 3 aromatic rings. The number of nitrogens with one attached hydrogen (secondary N) is 1. The molecule has 1 N–H and O–H groups in total. The molecular weight excluding hydrogens is 468 g/mol. The summed E-state index contributed by atoms with van der Waals surface area (Å²) in [7, 11) is 4.95.